The first kappa shape index (κ1) is 31.4. The average molecular weight is 563 g/mol. The highest BCUT2D eigenvalue weighted by Crippen LogP contribution is 2.18. The van der Waals surface area contributed by atoms with Crippen LogP contribution in [0.15, 0.2) is 52.9 Å². The van der Waals surface area contributed by atoms with Crippen molar-refractivity contribution in [3.63, 3.8) is 0 Å². The molecule has 0 aliphatic heterocycles. The molecule has 8 heteroatoms. The first-order valence-corrected chi connectivity index (χ1v) is 13.7. The van der Waals surface area contributed by atoms with Crippen LogP contribution in [-0.2, 0) is 4.79 Å². The third-order valence-corrected chi connectivity index (χ3v) is 6.52. The second-order valence-corrected chi connectivity index (χ2v) is 9.64. The van der Waals surface area contributed by atoms with E-state index in [1.807, 2.05) is 35.8 Å². The summed E-state index contributed by atoms with van der Waals surface area (Å²) < 4.78 is 0.742. The molecule has 1 unspecified atom stereocenters. The lowest BCUT2D eigenvalue weighted by Gasteiger charge is -2.29. The second-order valence-electron chi connectivity index (χ2n) is 8.72. The molecule has 0 aliphatic carbocycles. The van der Waals surface area contributed by atoms with Gasteiger partial charge in [-0.25, -0.2) is 0 Å². The Labute approximate surface area is 226 Å². The van der Waals surface area contributed by atoms with Gasteiger partial charge in [0.15, 0.2) is 0 Å². The highest BCUT2D eigenvalue weighted by atomic mass is 79.9. The Morgan fingerprint density at radius 3 is 2.42 bits per heavy atom. The summed E-state index contributed by atoms with van der Waals surface area (Å²) in [7, 11) is 1.81. The van der Waals surface area contributed by atoms with Gasteiger partial charge in [-0.15, -0.1) is 0 Å². The number of rotatable bonds is 16. The molecule has 1 atom stereocenters. The normalized spacial score (nSPS) is 12.9. The number of anilines is 1. The molecule has 1 aromatic heterocycles. The summed E-state index contributed by atoms with van der Waals surface area (Å²) in [5.41, 5.74) is 2.73. The van der Waals surface area contributed by atoms with Crippen LogP contribution in [-0.4, -0.2) is 65.9 Å². The number of hydrogen-bond donors (Lipinski definition) is 2. The molecule has 200 valence electrons. The maximum Gasteiger partial charge on any atom is 0.255 e. The first-order chi connectivity index (χ1) is 17.3. The van der Waals surface area contributed by atoms with Crippen molar-refractivity contribution in [3.8, 4) is 0 Å². The van der Waals surface area contributed by atoms with Gasteiger partial charge in [-0.3, -0.25) is 14.6 Å². The average Bonchev–Trinajstić information content (AvgIpc) is 2.90. The van der Waals surface area contributed by atoms with E-state index in [0.29, 0.717) is 30.8 Å². The summed E-state index contributed by atoms with van der Waals surface area (Å²) in [6, 6.07) is 1.80. The Hall–Kier alpha value is -2.61. The third kappa shape index (κ3) is 9.80. The zero-order chi connectivity index (χ0) is 27.1. The lowest BCUT2D eigenvalue weighted by molar-refractivity contribution is -0.126. The Morgan fingerprint density at radius 2 is 1.86 bits per heavy atom. The highest BCUT2D eigenvalue weighted by molar-refractivity contribution is 9.11. The maximum atomic E-state index is 13.5. The van der Waals surface area contributed by atoms with Crippen LogP contribution in [0.25, 0.3) is 0 Å². The van der Waals surface area contributed by atoms with Gasteiger partial charge in [-0.1, -0.05) is 55.8 Å². The van der Waals surface area contributed by atoms with E-state index in [9.17, 15) is 9.59 Å². The van der Waals surface area contributed by atoms with Crippen molar-refractivity contribution < 1.29 is 9.59 Å². The van der Waals surface area contributed by atoms with Crippen LogP contribution < -0.4 is 10.6 Å². The van der Waals surface area contributed by atoms with Crippen LogP contribution >= 0.6 is 15.9 Å². The van der Waals surface area contributed by atoms with Crippen molar-refractivity contribution >= 4 is 33.4 Å². The fourth-order valence-corrected chi connectivity index (χ4v) is 4.03. The Morgan fingerprint density at radius 1 is 1.14 bits per heavy atom. The minimum Gasteiger partial charge on any atom is -0.387 e. The number of halogens is 1. The van der Waals surface area contributed by atoms with Crippen molar-refractivity contribution in [1.29, 1.82) is 0 Å². The number of carbonyl (C=O) groups excluding carboxylic acids is 2. The molecule has 0 saturated carbocycles. The molecule has 0 bridgehead atoms. The molecule has 0 spiro atoms. The summed E-state index contributed by atoms with van der Waals surface area (Å²) in [5.74, 6) is -0.0632. The van der Waals surface area contributed by atoms with Crippen LogP contribution in [0.5, 0.6) is 0 Å². The van der Waals surface area contributed by atoms with Gasteiger partial charge in [0.1, 0.15) is 0 Å². The van der Waals surface area contributed by atoms with Gasteiger partial charge in [-0.2, -0.15) is 0 Å². The van der Waals surface area contributed by atoms with Crippen molar-refractivity contribution in [2.24, 2.45) is 0 Å². The predicted octanol–water partition coefficient (Wildman–Crippen LogP) is 5.73. The fraction of sp³-hybridized carbons (Fsp3) is 0.536. The molecule has 7 nitrogen and oxygen atoms in total. The molecule has 0 aliphatic rings. The van der Waals surface area contributed by atoms with Gasteiger partial charge in [0.2, 0.25) is 0 Å². The maximum absolute atomic E-state index is 13.5. The number of pyridine rings is 1. The van der Waals surface area contributed by atoms with Crippen LogP contribution in [0.1, 0.15) is 70.7 Å². The second kappa shape index (κ2) is 17.0. The number of aromatic nitrogens is 1. The van der Waals surface area contributed by atoms with E-state index < -0.39 is 0 Å². The third-order valence-electron chi connectivity index (χ3n) is 5.97. The standard InChI is InChI=1S/C28H44BrN5O2/c1-8-13-15-33(12-5)28(36)26(17-23(29)10-3)21(6)32-24(11-4)20-34(14-9-2)27(35)22-16-25(30-7)19-31-18-22/h10,16-19,24,30,32H,3,8-9,11-15,20H2,1-2,4-7H3/b23-17+,26-21-. The first-order valence-electron chi connectivity index (χ1n) is 12.9. The Balaban J connectivity index is 3.24. The number of allylic oxidation sites excluding steroid dienone is 3. The molecular formula is C28H44BrN5O2. The minimum absolute atomic E-state index is 0.0129. The molecule has 0 aromatic carbocycles. The summed E-state index contributed by atoms with van der Waals surface area (Å²) in [6.07, 6.45) is 10.4. The zero-order valence-corrected chi connectivity index (χ0v) is 24.5. The van der Waals surface area contributed by atoms with Gasteiger partial charge in [0, 0.05) is 61.8 Å². The van der Waals surface area contributed by atoms with Crippen LogP contribution in [0, 0.1) is 0 Å². The monoisotopic (exact) mass is 561 g/mol. The molecule has 0 fully saturated rings. The Bertz CT molecular complexity index is 928. The summed E-state index contributed by atoms with van der Waals surface area (Å²) in [4.78, 5) is 34.7. The molecule has 2 amide bonds. The van der Waals surface area contributed by atoms with Gasteiger partial charge < -0.3 is 20.4 Å². The molecule has 0 radical (unpaired) electrons. The molecule has 1 rings (SSSR count). The molecule has 1 heterocycles. The number of nitrogens with one attached hydrogen (secondary N) is 2. The lowest BCUT2D eigenvalue weighted by Crippen LogP contribution is -2.44. The van der Waals surface area contributed by atoms with E-state index in [4.69, 9.17) is 0 Å². The van der Waals surface area contributed by atoms with Gasteiger partial charge >= 0.3 is 0 Å². The van der Waals surface area contributed by atoms with Crippen LogP contribution in [0.2, 0.25) is 0 Å². The van der Waals surface area contributed by atoms with Gasteiger partial charge in [0.05, 0.1) is 16.8 Å². The van der Waals surface area contributed by atoms with Crippen molar-refractivity contribution in [3.05, 3.63) is 58.5 Å². The quantitative estimate of drug-likeness (QED) is 0.199. The van der Waals surface area contributed by atoms with E-state index in [0.717, 1.165) is 48.1 Å². The number of amides is 2. The number of carbonyl (C=O) groups is 2. The van der Waals surface area contributed by atoms with Gasteiger partial charge in [0.25, 0.3) is 11.8 Å². The number of hydrogen-bond acceptors (Lipinski definition) is 5. The largest absolute Gasteiger partial charge is 0.387 e. The number of likely N-dealkylation sites (N-methyl/N-ethyl adjacent to an activating group) is 1. The number of unbranched alkanes of at least 4 members (excludes halogenated alkanes) is 1. The minimum atomic E-state index is -0.0503. The van der Waals surface area contributed by atoms with Crippen LogP contribution in [0.4, 0.5) is 5.69 Å². The lowest BCUT2D eigenvalue weighted by atomic mass is 10.1. The summed E-state index contributed by atoms with van der Waals surface area (Å²) in [6.45, 7) is 16.5. The summed E-state index contributed by atoms with van der Waals surface area (Å²) in [5, 5.41) is 6.58. The van der Waals surface area contributed by atoms with Crippen molar-refractivity contribution in [2.45, 2.75) is 66.3 Å². The zero-order valence-electron chi connectivity index (χ0n) is 22.9. The molecule has 2 N–H and O–H groups in total. The predicted molar refractivity (Wildman–Crippen MR) is 154 cm³/mol. The van der Waals surface area contributed by atoms with Gasteiger partial charge in [-0.05, 0) is 45.3 Å². The fourth-order valence-electron chi connectivity index (χ4n) is 3.80. The topological polar surface area (TPSA) is 77.6 Å². The smallest absolute Gasteiger partial charge is 0.255 e. The Kier molecular flexibility index (Phi) is 14.8. The van der Waals surface area contributed by atoms with Crippen LogP contribution in [0.3, 0.4) is 0 Å². The molecule has 36 heavy (non-hydrogen) atoms. The highest BCUT2D eigenvalue weighted by Gasteiger charge is 2.22. The van der Waals surface area contributed by atoms with E-state index in [-0.39, 0.29) is 17.9 Å². The van der Waals surface area contributed by atoms with E-state index >= 15 is 0 Å². The van der Waals surface area contributed by atoms with E-state index in [1.54, 1.807) is 25.5 Å². The van der Waals surface area contributed by atoms with E-state index in [2.05, 4.69) is 58.9 Å². The summed E-state index contributed by atoms with van der Waals surface area (Å²) >= 11 is 3.48. The van der Waals surface area contributed by atoms with E-state index in [1.165, 1.54) is 0 Å². The molecular weight excluding hydrogens is 518 g/mol. The molecule has 0 saturated heterocycles. The number of nitrogens with zero attached hydrogens (tertiary/aromatic N) is 3. The van der Waals surface area contributed by atoms with Crippen molar-refractivity contribution in [2.75, 3.05) is 38.5 Å². The molecule has 1 aromatic rings. The SMILES string of the molecule is C=C/C(Br)=C\C(C(=O)N(CC)CCCC)=C(/C)NC(CC)CN(CCC)C(=O)c1cncc(NC)c1. The van der Waals surface area contributed by atoms with Crippen molar-refractivity contribution in [1.82, 2.24) is 20.1 Å².